The zero-order valence-electron chi connectivity index (χ0n) is 16.0. The predicted octanol–water partition coefficient (Wildman–Crippen LogP) is 2.02. The van der Waals surface area contributed by atoms with Gasteiger partial charge in [-0.1, -0.05) is 40.0 Å². The molecule has 0 radical (unpaired) electrons. The molecule has 5 atom stereocenters. The third-order valence-electron chi connectivity index (χ3n) is 5.16. The van der Waals surface area contributed by atoms with Crippen molar-refractivity contribution in [3.05, 3.63) is 37.0 Å². The fourth-order valence-corrected chi connectivity index (χ4v) is 3.62. The van der Waals surface area contributed by atoms with Crippen molar-refractivity contribution in [2.45, 2.75) is 39.4 Å². The number of esters is 2. The Morgan fingerprint density at radius 2 is 1.92 bits per heavy atom. The van der Waals surface area contributed by atoms with Gasteiger partial charge in [0.15, 0.2) is 0 Å². The molecule has 1 saturated carbocycles. The fourth-order valence-electron chi connectivity index (χ4n) is 3.62. The molecule has 6 nitrogen and oxygen atoms in total. The summed E-state index contributed by atoms with van der Waals surface area (Å²) >= 11 is 0. The number of allylic oxidation sites excluding steroid dienone is 1. The van der Waals surface area contributed by atoms with Crippen molar-refractivity contribution in [3.8, 4) is 0 Å². The number of rotatable bonds is 7. The summed E-state index contributed by atoms with van der Waals surface area (Å²) < 4.78 is 10.3. The Kier molecular flexibility index (Phi) is 7.35. The van der Waals surface area contributed by atoms with Crippen LogP contribution in [0.3, 0.4) is 0 Å². The summed E-state index contributed by atoms with van der Waals surface area (Å²) in [6.45, 7) is 16.4. The standard InChI is InChI=1S/C20H30O6/c1-8-20(6)9-14(26-18(23)11(2)3)15(13(5)19(24)25-7)17(22)16(20)12(4)10-21/h8,11,14-17,21-22H,1,4-5,9-10H2,2-3,6-7H3/t14-,15-,16-,17-,20-/m1/s1. The van der Waals surface area contributed by atoms with Crippen LogP contribution in [0.1, 0.15) is 27.2 Å². The molecule has 146 valence electrons. The molecule has 0 aliphatic heterocycles. The van der Waals surface area contributed by atoms with Gasteiger partial charge in [0.25, 0.3) is 0 Å². The second-order valence-corrected chi connectivity index (χ2v) is 7.37. The van der Waals surface area contributed by atoms with Gasteiger partial charge in [-0.25, -0.2) is 4.79 Å². The first-order chi connectivity index (χ1) is 12.0. The molecule has 1 aliphatic carbocycles. The number of ether oxygens (including phenoxy) is 2. The lowest BCUT2D eigenvalue weighted by Crippen LogP contribution is -2.54. The van der Waals surface area contributed by atoms with Crippen LogP contribution in [-0.2, 0) is 19.1 Å². The Labute approximate surface area is 155 Å². The molecule has 0 aromatic rings. The number of aliphatic hydroxyl groups excluding tert-OH is 2. The Bertz CT molecular complexity index is 593. The van der Waals surface area contributed by atoms with Gasteiger partial charge in [-0.3, -0.25) is 4.79 Å². The number of carbonyl (C=O) groups is 2. The van der Waals surface area contributed by atoms with E-state index in [1.165, 1.54) is 7.11 Å². The van der Waals surface area contributed by atoms with Crippen molar-refractivity contribution >= 4 is 11.9 Å². The van der Waals surface area contributed by atoms with Gasteiger partial charge < -0.3 is 19.7 Å². The van der Waals surface area contributed by atoms with E-state index in [0.29, 0.717) is 12.0 Å². The van der Waals surface area contributed by atoms with Crippen molar-refractivity contribution in [2.75, 3.05) is 13.7 Å². The van der Waals surface area contributed by atoms with Gasteiger partial charge in [0, 0.05) is 11.5 Å². The third-order valence-corrected chi connectivity index (χ3v) is 5.16. The summed E-state index contributed by atoms with van der Waals surface area (Å²) in [5.41, 5.74) is -0.256. The SMILES string of the molecule is C=C[C@]1(C)C[C@@H](OC(=O)C(C)C)[C@@H](C(=C)C(=O)OC)[C@@H](O)[C@H]1C(=C)CO. The molecule has 6 heteroatoms. The molecule has 1 aliphatic rings. The number of hydrogen-bond acceptors (Lipinski definition) is 6. The van der Waals surface area contributed by atoms with E-state index in [-0.39, 0.29) is 18.1 Å². The maximum absolute atomic E-state index is 12.2. The molecule has 26 heavy (non-hydrogen) atoms. The summed E-state index contributed by atoms with van der Waals surface area (Å²) in [5, 5.41) is 20.6. The maximum atomic E-state index is 12.2. The van der Waals surface area contributed by atoms with E-state index in [0.717, 1.165) is 0 Å². The van der Waals surface area contributed by atoms with Gasteiger partial charge in [-0.05, 0) is 17.4 Å². The van der Waals surface area contributed by atoms with Gasteiger partial charge in [-0.2, -0.15) is 0 Å². The van der Waals surface area contributed by atoms with E-state index >= 15 is 0 Å². The van der Waals surface area contributed by atoms with E-state index < -0.39 is 41.4 Å². The van der Waals surface area contributed by atoms with Crippen LogP contribution in [0.2, 0.25) is 0 Å². The molecule has 2 N–H and O–H groups in total. The molecule has 1 rings (SSSR count). The van der Waals surface area contributed by atoms with Crippen LogP contribution in [-0.4, -0.2) is 48.1 Å². The molecular weight excluding hydrogens is 336 g/mol. The normalized spacial score (nSPS) is 31.2. The molecule has 0 bridgehead atoms. The molecule has 0 amide bonds. The quantitative estimate of drug-likeness (QED) is 0.407. The second kappa shape index (κ2) is 8.64. The molecule has 0 aromatic heterocycles. The van der Waals surface area contributed by atoms with Crippen LogP contribution in [0, 0.1) is 23.2 Å². The van der Waals surface area contributed by atoms with Gasteiger partial charge in [-0.15, -0.1) is 6.58 Å². The van der Waals surface area contributed by atoms with Crippen molar-refractivity contribution in [2.24, 2.45) is 23.2 Å². The van der Waals surface area contributed by atoms with Crippen molar-refractivity contribution in [1.82, 2.24) is 0 Å². The molecule has 1 fully saturated rings. The Morgan fingerprint density at radius 3 is 2.35 bits per heavy atom. The smallest absolute Gasteiger partial charge is 0.333 e. The molecule has 0 heterocycles. The zero-order valence-corrected chi connectivity index (χ0v) is 16.0. The van der Waals surface area contributed by atoms with Crippen LogP contribution in [0.5, 0.6) is 0 Å². The Morgan fingerprint density at radius 1 is 1.35 bits per heavy atom. The third kappa shape index (κ3) is 4.24. The number of hydrogen-bond donors (Lipinski definition) is 2. The molecule has 0 saturated heterocycles. The highest BCUT2D eigenvalue weighted by molar-refractivity contribution is 5.88. The maximum Gasteiger partial charge on any atom is 0.333 e. The topological polar surface area (TPSA) is 93.1 Å². The van der Waals surface area contributed by atoms with Crippen LogP contribution in [0.25, 0.3) is 0 Å². The second-order valence-electron chi connectivity index (χ2n) is 7.37. The van der Waals surface area contributed by atoms with Crippen LogP contribution >= 0.6 is 0 Å². The summed E-state index contributed by atoms with van der Waals surface area (Å²) in [4.78, 5) is 24.2. The zero-order chi connectivity index (χ0) is 20.2. The molecule has 0 spiro atoms. The van der Waals surface area contributed by atoms with Crippen LogP contribution in [0.4, 0.5) is 0 Å². The number of methoxy groups -OCH3 is 1. The number of aliphatic hydroxyl groups is 2. The van der Waals surface area contributed by atoms with Gasteiger partial charge in [0.2, 0.25) is 0 Å². The van der Waals surface area contributed by atoms with Gasteiger partial charge >= 0.3 is 11.9 Å². The lowest BCUT2D eigenvalue weighted by molar-refractivity contribution is -0.168. The van der Waals surface area contributed by atoms with Crippen LogP contribution < -0.4 is 0 Å². The highest BCUT2D eigenvalue weighted by Crippen LogP contribution is 2.50. The first kappa shape index (κ1) is 22.1. The minimum Gasteiger partial charge on any atom is -0.466 e. The average Bonchev–Trinajstić information content (AvgIpc) is 2.59. The minimum absolute atomic E-state index is 0.0170. The van der Waals surface area contributed by atoms with E-state index in [1.807, 2.05) is 6.92 Å². The van der Waals surface area contributed by atoms with Crippen molar-refractivity contribution in [1.29, 1.82) is 0 Å². The molecule has 0 aromatic carbocycles. The average molecular weight is 366 g/mol. The monoisotopic (exact) mass is 366 g/mol. The first-order valence-corrected chi connectivity index (χ1v) is 8.61. The van der Waals surface area contributed by atoms with Crippen LogP contribution in [0.15, 0.2) is 37.0 Å². The largest absolute Gasteiger partial charge is 0.466 e. The summed E-state index contributed by atoms with van der Waals surface area (Å²) in [6.07, 6.45) is 0.0334. The minimum atomic E-state index is -1.15. The molecule has 0 unspecified atom stereocenters. The molecular formula is C20H30O6. The van der Waals surface area contributed by atoms with Crippen molar-refractivity contribution < 1.29 is 29.3 Å². The summed E-state index contributed by atoms with van der Waals surface area (Å²) in [6, 6.07) is 0. The Hall–Kier alpha value is -1.92. The van der Waals surface area contributed by atoms with Gasteiger partial charge in [0.05, 0.1) is 31.7 Å². The van der Waals surface area contributed by atoms with E-state index in [4.69, 9.17) is 9.47 Å². The van der Waals surface area contributed by atoms with E-state index in [2.05, 4.69) is 19.7 Å². The lowest BCUT2D eigenvalue weighted by atomic mass is 9.58. The predicted molar refractivity (Wildman–Crippen MR) is 98.0 cm³/mol. The highest BCUT2D eigenvalue weighted by Gasteiger charge is 2.53. The highest BCUT2D eigenvalue weighted by atomic mass is 16.5. The van der Waals surface area contributed by atoms with E-state index in [1.54, 1.807) is 19.9 Å². The lowest BCUT2D eigenvalue weighted by Gasteiger charge is -2.50. The first-order valence-electron chi connectivity index (χ1n) is 8.61. The summed E-state index contributed by atoms with van der Waals surface area (Å²) in [7, 11) is 1.22. The fraction of sp³-hybridized carbons (Fsp3) is 0.600. The summed E-state index contributed by atoms with van der Waals surface area (Å²) in [5.74, 6) is -2.93. The van der Waals surface area contributed by atoms with Gasteiger partial charge in [0.1, 0.15) is 6.10 Å². The Balaban J connectivity index is 3.39. The number of carbonyl (C=O) groups excluding carboxylic acids is 2. The van der Waals surface area contributed by atoms with E-state index in [9.17, 15) is 19.8 Å². The van der Waals surface area contributed by atoms with Crippen molar-refractivity contribution in [3.63, 3.8) is 0 Å².